The molecule has 3 heteroatoms. The van der Waals surface area contributed by atoms with Crippen molar-refractivity contribution in [3.05, 3.63) is 204 Å². The monoisotopic (exact) mass is 674 g/mol. The SMILES string of the molecule is c1ccc(-c2cc(-n3c4cc5c(cc4c4ccc6ccccc6c43)Oc3ccccc3C53c4ccccc4-c4ccccc43)nc3ccccc23)cc1. The second-order valence-electron chi connectivity index (χ2n) is 14.2. The van der Waals surface area contributed by atoms with Crippen LogP contribution in [0.1, 0.15) is 22.3 Å². The molecule has 0 fully saturated rings. The third-order valence-corrected chi connectivity index (χ3v) is 11.6. The normalized spacial score (nSPS) is 13.6. The molecular weight excluding hydrogens is 645 g/mol. The molecule has 0 N–H and O–H groups in total. The van der Waals surface area contributed by atoms with Crippen LogP contribution in [0.25, 0.3) is 71.6 Å². The van der Waals surface area contributed by atoms with Gasteiger partial charge in [-0.1, -0.05) is 152 Å². The second kappa shape index (κ2) is 10.5. The molecule has 3 heterocycles. The van der Waals surface area contributed by atoms with Gasteiger partial charge in [-0.2, -0.15) is 0 Å². The zero-order valence-electron chi connectivity index (χ0n) is 28.6. The highest BCUT2D eigenvalue weighted by atomic mass is 16.5. The molecule has 1 aliphatic carbocycles. The molecule has 3 nitrogen and oxygen atoms in total. The van der Waals surface area contributed by atoms with E-state index in [0.29, 0.717) is 0 Å². The first-order chi connectivity index (χ1) is 26.3. The van der Waals surface area contributed by atoms with Gasteiger partial charge in [-0.15, -0.1) is 0 Å². The lowest BCUT2D eigenvalue weighted by molar-refractivity contribution is 0.437. The zero-order chi connectivity index (χ0) is 34.7. The van der Waals surface area contributed by atoms with Gasteiger partial charge in [0.25, 0.3) is 0 Å². The van der Waals surface area contributed by atoms with Crippen molar-refractivity contribution in [3.63, 3.8) is 0 Å². The molecule has 0 unspecified atom stereocenters. The van der Waals surface area contributed by atoms with Gasteiger partial charge in [0.1, 0.15) is 17.3 Å². The largest absolute Gasteiger partial charge is 0.457 e. The summed E-state index contributed by atoms with van der Waals surface area (Å²) in [7, 11) is 0. The molecule has 246 valence electrons. The van der Waals surface area contributed by atoms with Crippen LogP contribution in [0.4, 0.5) is 0 Å². The van der Waals surface area contributed by atoms with Crippen molar-refractivity contribution in [2.75, 3.05) is 0 Å². The van der Waals surface area contributed by atoms with Gasteiger partial charge in [0.05, 0.1) is 22.0 Å². The lowest BCUT2D eigenvalue weighted by Crippen LogP contribution is -2.32. The predicted octanol–water partition coefficient (Wildman–Crippen LogP) is 12.6. The molecule has 12 rings (SSSR count). The molecule has 10 aromatic rings. The molecule has 8 aromatic carbocycles. The van der Waals surface area contributed by atoms with Crippen molar-refractivity contribution in [1.82, 2.24) is 9.55 Å². The average molecular weight is 675 g/mol. The molecule has 2 aliphatic rings. The van der Waals surface area contributed by atoms with Crippen LogP contribution in [0, 0.1) is 0 Å². The molecule has 1 aliphatic heterocycles. The van der Waals surface area contributed by atoms with Crippen molar-refractivity contribution in [1.29, 1.82) is 0 Å². The first kappa shape index (κ1) is 28.7. The van der Waals surface area contributed by atoms with Crippen molar-refractivity contribution in [2.24, 2.45) is 0 Å². The Balaban J connectivity index is 1.27. The Labute approximate surface area is 306 Å². The molecule has 0 amide bonds. The summed E-state index contributed by atoms with van der Waals surface area (Å²) in [5, 5.41) is 5.81. The second-order valence-corrected chi connectivity index (χ2v) is 14.2. The summed E-state index contributed by atoms with van der Waals surface area (Å²) in [5.74, 6) is 2.66. The molecule has 0 saturated carbocycles. The molecule has 0 bridgehead atoms. The molecule has 0 saturated heterocycles. The van der Waals surface area contributed by atoms with E-state index < -0.39 is 5.41 Å². The molecule has 0 atom stereocenters. The molecule has 53 heavy (non-hydrogen) atoms. The Hall–Kier alpha value is -6.97. The lowest BCUT2D eigenvalue weighted by Gasteiger charge is -2.39. The summed E-state index contributed by atoms with van der Waals surface area (Å²) in [6.45, 7) is 0. The molecular formula is C50H30N2O. The fraction of sp³-hybridized carbons (Fsp3) is 0.0200. The summed E-state index contributed by atoms with van der Waals surface area (Å²) >= 11 is 0. The minimum atomic E-state index is -0.569. The number of benzene rings is 8. The number of hydrogen-bond donors (Lipinski definition) is 0. The molecule has 1 spiro atoms. The van der Waals surface area contributed by atoms with E-state index in [4.69, 9.17) is 9.72 Å². The average Bonchev–Trinajstić information content (AvgIpc) is 3.71. The maximum absolute atomic E-state index is 6.96. The number of nitrogens with zero attached hydrogens (tertiary/aromatic N) is 2. The summed E-state index contributed by atoms with van der Waals surface area (Å²) in [6.07, 6.45) is 0. The molecule has 2 aromatic heterocycles. The van der Waals surface area contributed by atoms with Gasteiger partial charge in [-0.25, -0.2) is 4.98 Å². The van der Waals surface area contributed by atoms with E-state index in [2.05, 4.69) is 187 Å². The number of fused-ring (bicyclic) bond motifs is 15. The van der Waals surface area contributed by atoms with Gasteiger partial charge in [0.2, 0.25) is 0 Å². The fourth-order valence-corrected chi connectivity index (χ4v) is 9.50. The minimum absolute atomic E-state index is 0.569. The van der Waals surface area contributed by atoms with E-state index in [9.17, 15) is 0 Å². The predicted molar refractivity (Wildman–Crippen MR) is 216 cm³/mol. The summed E-state index contributed by atoms with van der Waals surface area (Å²) in [4.78, 5) is 5.45. The van der Waals surface area contributed by atoms with Gasteiger partial charge in [0, 0.05) is 32.7 Å². The van der Waals surface area contributed by atoms with Gasteiger partial charge < -0.3 is 4.74 Å². The van der Waals surface area contributed by atoms with Crippen molar-refractivity contribution < 1.29 is 4.74 Å². The van der Waals surface area contributed by atoms with E-state index in [1.165, 1.54) is 44.0 Å². The van der Waals surface area contributed by atoms with Crippen LogP contribution in [0.3, 0.4) is 0 Å². The van der Waals surface area contributed by atoms with Gasteiger partial charge in [0.15, 0.2) is 0 Å². The number of pyridine rings is 1. The number of ether oxygens (including phenoxy) is 1. The van der Waals surface area contributed by atoms with Crippen molar-refractivity contribution >= 4 is 43.5 Å². The Morgan fingerprint density at radius 1 is 0.434 bits per heavy atom. The van der Waals surface area contributed by atoms with Crippen LogP contribution in [0.2, 0.25) is 0 Å². The van der Waals surface area contributed by atoms with Gasteiger partial charge in [-0.3, -0.25) is 4.57 Å². The highest BCUT2D eigenvalue weighted by Gasteiger charge is 2.51. The number of aromatic nitrogens is 2. The van der Waals surface area contributed by atoms with E-state index in [1.807, 2.05) is 0 Å². The quantitative estimate of drug-likeness (QED) is 0.182. The first-order valence-corrected chi connectivity index (χ1v) is 18.2. The van der Waals surface area contributed by atoms with Crippen LogP contribution in [-0.4, -0.2) is 9.55 Å². The third-order valence-electron chi connectivity index (χ3n) is 11.6. The summed E-state index contributed by atoms with van der Waals surface area (Å²) < 4.78 is 9.37. The number of hydrogen-bond acceptors (Lipinski definition) is 2. The van der Waals surface area contributed by atoms with Crippen molar-refractivity contribution in [3.8, 4) is 39.6 Å². The summed E-state index contributed by atoms with van der Waals surface area (Å²) in [6, 6.07) is 65.8. The molecule has 0 radical (unpaired) electrons. The topological polar surface area (TPSA) is 27.1 Å². The Kier molecular flexibility index (Phi) is 5.70. The van der Waals surface area contributed by atoms with E-state index >= 15 is 0 Å². The third kappa shape index (κ3) is 3.75. The van der Waals surface area contributed by atoms with Crippen LogP contribution >= 0.6 is 0 Å². The smallest absolute Gasteiger partial charge is 0.138 e. The number of rotatable bonds is 2. The van der Waals surface area contributed by atoms with Crippen LogP contribution in [0.5, 0.6) is 11.5 Å². The van der Waals surface area contributed by atoms with E-state index in [-0.39, 0.29) is 0 Å². The Morgan fingerprint density at radius 3 is 1.91 bits per heavy atom. The van der Waals surface area contributed by atoms with Crippen LogP contribution in [0.15, 0.2) is 182 Å². The summed E-state index contributed by atoms with van der Waals surface area (Å²) in [5.41, 5.74) is 12.3. The lowest BCUT2D eigenvalue weighted by atomic mass is 9.66. The Morgan fingerprint density at radius 2 is 1.09 bits per heavy atom. The fourth-order valence-electron chi connectivity index (χ4n) is 9.50. The van der Waals surface area contributed by atoms with Gasteiger partial charge >= 0.3 is 0 Å². The maximum atomic E-state index is 6.96. The Bertz CT molecular complexity index is 3110. The minimum Gasteiger partial charge on any atom is -0.457 e. The van der Waals surface area contributed by atoms with Crippen molar-refractivity contribution in [2.45, 2.75) is 5.41 Å². The number of para-hydroxylation sites is 2. The van der Waals surface area contributed by atoms with E-state index in [1.54, 1.807) is 0 Å². The van der Waals surface area contributed by atoms with Crippen LogP contribution in [-0.2, 0) is 5.41 Å². The highest BCUT2D eigenvalue weighted by molar-refractivity contribution is 6.19. The van der Waals surface area contributed by atoms with Crippen LogP contribution < -0.4 is 4.74 Å². The van der Waals surface area contributed by atoms with Gasteiger partial charge in [-0.05, 0) is 69.1 Å². The standard InChI is InChI=1S/C50H30N2O/c1-2-14-31(15-3-1)38-29-48(51-44-24-12-8-20-36(38)44)52-45-30-43-47(28-39(45)37-27-26-32-16-4-5-17-33(32)49(37)52)53-46-25-13-11-23-42(46)50(43)40-21-9-6-18-34(40)35-19-7-10-22-41(35)50/h1-30H. The zero-order valence-corrected chi connectivity index (χ0v) is 28.6. The first-order valence-electron chi connectivity index (χ1n) is 18.2. The highest BCUT2D eigenvalue weighted by Crippen LogP contribution is 2.62. The van der Waals surface area contributed by atoms with E-state index in [0.717, 1.165) is 61.3 Å². The maximum Gasteiger partial charge on any atom is 0.138 e.